The fraction of sp³-hybridized carbons (Fsp3) is 0.889. The Labute approximate surface area is 158 Å². The smallest absolute Gasteiger partial charge is 0.239 e. The number of carbonyl (C=O) groups is 2. The molecule has 2 heterocycles. The van der Waals surface area contributed by atoms with E-state index in [0.29, 0.717) is 5.92 Å². The summed E-state index contributed by atoms with van der Waals surface area (Å²) in [6.07, 6.45) is 4.25. The van der Waals surface area contributed by atoms with Crippen molar-refractivity contribution in [1.29, 1.82) is 0 Å². The molecule has 2 aliphatic rings. The van der Waals surface area contributed by atoms with Crippen LogP contribution in [0.2, 0.25) is 0 Å². The van der Waals surface area contributed by atoms with Crippen LogP contribution >= 0.6 is 12.4 Å². The maximum Gasteiger partial charge on any atom is 0.239 e. The summed E-state index contributed by atoms with van der Waals surface area (Å²) in [7, 11) is 0. The van der Waals surface area contributed by atoms with Gasteiger partial charge in [-0.15, -0.1) is 12.4 Å². The van der Waals surface area contributed by atoms with Gasteiger partial charge in [-0.3, -0.25) is 14.5 Å². The quantitative estimate of drug-likeness (QED) is 0.703. The lowest BCUT2D eigenvalue weighted by Gasteiger charge is -2.38. The van der Waals surface area contributed by atoms with Crippen LogP contribution in [0.3, 0.4) is 0 Å². The molecule has 0 aromatic rings. The lowest BCUT2D eigenvalue weighted by Crippen LogP contribution is -2.52. The first-order valence-corrected chi connectivity index (χ1v) is 9.60. The largest absolute Gasteiger partial charge is 0.354 e. The molecule has 7 heteroatoms. The fourth-order valence-electron chi connectivity index (χ4n) is 3.85. The van der Waals surface area contributed by atoms with E-state index in [1.165, 1.54) is 0 Å². The Bertz CT molecular complexity index is 425. The molecule has 0 bridgehead atoms. The number of piperidine rings is 1. The average molecular weight is 375 g/mol. The maximum absolute atomic E-state index is 12.6. The van der Waals surface area contributed by atoms with Gasteiger partial charge in [0.1, 0.15) is 0 Å². The van der Waals surface area contributed by atoms with Crippen LogP contribution in [-0.2, 0) is 9.59 Å². The third-order valence-corrected chi connectivity index (χ3v) is 5.47. The van der Waals surface area contributed by atoms with Crippen LogP contribution in [0.25, 0.3) is 0 Å². The van der Waals surface area contributed by atoms with Gasteiger partial charge in [0.25, 0.3) is 0 Å². The monoisotopic (exact) mass is 374 g/mol. The summed E-state index contributed by atoms with van der Waals surface area (Å²) in [4.78, 5) is 28.9. The molecule has 2 amide bonds. The van der Waals surface area contributed by atoms with E-state index in [4.69, 9.17) is 0 Å². The maximum atomic E-state index is 12.6. The fourth-order valence-corrected chi connectivity index (χ4v) is 3.85. The highest BCUT2D eigenvalue weighted by molar-refractivity contribution is 5.85. The minimum atomic E-state index is -0.0695. The SMILES string of the molecule is CCN(CC)C(=O)C(C)N1CCCC(CNC(=O)C2CCCN2)C1.Cl. The van der Waals surface area contributed by atoms with Crippen molar-refractivity contribution in [1.82, 2.24) is 20.4 Å². The van der Waals surface area contributed by atoms with E-state index in [2.05, 4.69) is 15.5 Å². The number of likely N-dealkylation sites (N-methyl/N-ethyl adjacent to an activating group) is 1. The third kappa shape index (κ3) is 6.12. The predicted octanol–water partition coefficient (Wildman–Crippen LogP) is 1.25. The molecule has 0 aliphatic carbocycles. The van der Waals surface area contributed by atoms with Crippen LogP contribution in [0.1, 0.15) is 46.5 Å². The molecule has 146 valence electrons. The molecule has 0 aromatic heterocycles. The van der Waals surface area contributed by atoms with Crippen molar-refractivity contribution in [3.8, 4) is 0 Å². The minimum absolute atomic E-state index is 0. The van der Waals surface area contributed by atoms with Crippen LogP contribution in [0, 0.1) is 5.92 Å². The molecule has 2 N–H and O–H groups in total. The molecule has 6 nitrogen and oxygen atoms in total. The molecule has 0 radical (unpaired) electrons. The number of hydrogen-bond donors (Lipinski definition) is 2. The van der Waals surface area contributed by atoms with E-state index in [-0.39, 0.29) is 36.3 Å². The normalized spacial score (nSPS) is 25.1. The summed E-state index contributed by atoms with van der Waals surface area (Å²) < 4.78 is 0. The number of nitrogens with one attached hydrogen (secondary N) is 2. The van der Waals surface area contributed by atoms with Gasteiger partial charge in [-0.2, -0.15) is 0 Å². The topological polar surface area (TPSA) is 64.7 Å². The highest BCUT2D eigenvalue weighted by Gasteiger charge is 2.30. The lowest BCUT2D eigenvalue weighted by molar-refractivity contribution is -0.136. The molecule has 0 spiro atoms. The van der Waals surface area contributed by atoms with Crippen LogP contribution in [0.5, 0.6) is 0 Å². The minimum Gasteiger partial charge on any atom is -0.354 e. The third-order valence-electron chi connectivity index (χ3n) is 5.47. The van der Waals surface area contributed by atoms with Gasteiger partial charge in [0.05, 0.1) is 12.1 Å². The molecule has 25 heavy (non-hydrogen) atoms. The van der Waals surface area contributed by atoms with Crippen LogP contribution in [0.15, 0.2) is 0 Å². The van der Waals surface area contributed by atoms with E-state index in [1.54, 1.807) is 0 Å². The molecular formula is C18H35ClN4O2. The van der Waals surface area contributed by atoms with Crippen LogP contribution in [-0.4, -0.2) is 73.0 Å². The van der Waals surface area contributed by atoms with E-state index in [9.17, 15) is 9.59 Å². The summed E-state index contributed by atoms with van der Waals surface area (Å²) in [6.45, 7) is 11.1. The molecule has 3 atom stereocenters. The number of hydrogen-bond acceptors (Lipinski definition) is 4. The van der Waals surface area contributed by atoms with Gasteiger partial charge >= 0.3 is 0 Å². The number of rotatable bonds is 7. The first-order valence-electron chi connectivity index (χ1n) is 9.60. The van der Waals surface area contributed by atoms with Gasteiger partial charge in [0.2, 0.25) is 11.8 Å². The van der Waals surface area contributed by atoms with Crippen LogP contribution in [0.4, 0.5) is 0 Å². The number of halogens is 1. The van der Waals surface area contributed by atoms with Gasteiger partial charge in [-0.25, -0.2) is 0 Å². The Kier molecular flexibility index (Phi) is 9.75. The number of amides is 2. The molecule has 3 unspecified atom stereocenters. The molecule has 2 fully saturated rings. The first kappa shape index (κ1) is 22.2. The van der Waals surface area contributed by atoms with E-state index in [1.807, 2.05) is 25.7 Å². The number of carbonyl (C=O) groups excluding carboxylic acids is 2. The Morgan fingerprint density at radius 2 is 1.96 bits per heavy atom. The second-order valence-electron chi connectivity index (χ2n) is 7.08. The van der Waals surface area contributed by atoms with E-state index >= 15 is 0 Å². The second kappa shape index (κ2) is 11.0. The van der Waals surface area contributed by atoms with Crippen molar-refractivity contribution in [2.24, 2.45) is 5.92 Å². The van der Waals surface area contributed by atoms with Gasteiger partial charge in [-0.1, -0.05) is 0 Å². The van der Waals surface area contributed by atoms with Gasteiger partial charge < -0.3 is 15.5 Å². The zero-order valence-electron chi connectivity index (χ0n) is 15.9. The van der Waals surface area contributed by atoms with Crippen LogP contribution < -0.4 is 10.6 Å². The molecule has 2 aliphatic heterocycles. The van der Waals surface area contributed by atoms with Crippen molar-refractivity contribution in [2.45, 2.75) is 58.5 Å². The van der Waals surface area contributed by atoms with Crippen molar-refractivity contribution >= 4 is 24.2 Å². The Morgan fingerprint density at radius 3 is 2.56 bits per heavy atom. The molecule has 0 aromatic carbocycles. The second-order valence-corrected chi connectivity index (χ2v) is 7.08. The average Bonchev–Trinajstić information content (AvgIpc) is 3.15. The molecule has 0 saturated carbocycles. The van der Waals surface area contributed by atoms with E-state index in [0.717, 1.165) is 65.0 Å². The zero-order valence-corrected chi connectivity index (χ0v) is 16.7. The molecule has 2 rings (SSSR count). The summed E-state index contributed by atoms with van der Waals surface area (Å²) in [5, 5.41) is 6.34. The highest BCUT2D eigenvalue weighted by Crippen LogP contribution is 2.19. The van der Waals surface area contributed by atoms with Crippen molar-refractivity contribution < 1.29 is 9.59 Å². The van der Waals surface area contributed by atoms with Crippen molar-refractivity contribution in [3.05, 3.63) is 0 Å². The number of nitrogens with zero attached hydrogens (tertiary/aromatic N) is 2. The Hall–Kier alpha value is -0.850. The Morgan fingerprint density at radius 1 is 1.24 bits per heavy atom. The predicted molar refractivity (Wildman–Crippen MR) is 103 cm³/mol. The van der Waals surface area contributed by atoms with Gasteiger partial charge in [-0.05, 0) is 65.5 Å². The first-order chi connectivity index (χ1) is 11.6. The van der Waals surface area contributed by atoms with Crippen molar-refractivity contribution in [3.63, 3.8) is 0 Å². The van der Waals surface area contributed by atoms with Crippen molar-refractivity contribution in [2.75, 3.05) is 39.3 Å². The summed E-state index contributed by atoms with van der Waals surface area (Å²) in [5.74, 6) is 0.799. The number of likely N-dealkylation sites (tertiary alicyclic amines) is 1. The van der Waals surface area contributed by atoms with Gasteiger partial charge in [0, 0.05) is 26.2 Å². The molecular weight excluding hydrogens is 340 g/mol. The molecule has 2 saturated heterocycles. The Balaban J connectivity index is 0.00000312. The van der Waals surface area contributed by atoms with E-state index < -0.39 is 0 Å². The zero-order chi connectivity index (χ0) is 17.5. The standard InChI is InChI=1S/C18H34N4O2.ClH/c1-4-21(5-2)18(24)14(3)22-11-7-8-15(13-22)12-20-17(23)16-9-6-10-19-16;/h14-16,19H,4-13H2,1-3H3,(H,20,23);1H. The lowest BCUT2D eigenvalue weighted by atomic mass is 9.96. The highest BCUT2D eigenvalue weighted by atomic mass is 35.5. The summed E-state index contributed by atoms with van der Waals surface area (Å²) in [6, 6.07) is -0.0761. The van der Waals surface area contributed by atoms with Gasteiger partial charge in [0.15, 0.2) is 0 Å². The summed E-state index contributed by atoms with van der Waals surface area (Å²) >= 11 is 0. The summed E-state index contributed by atoms with van der Waals surface area (Å²) in [5.41, 5.74) is 0.